The number of hydrogen-bond donors (Lipinski definition) is 3. The summed E-state index contributed by atoms with van der Waals surface area (Å²) in [5.41, 5.74) is 3.66. The third-order valence-electron chi connectivity index (χ3n) is 4.21. The van der Waals surface area contributed by atoms with Crippen molar-refractivity contribution in [2.45, 2.75) is 6.92 Å². The van der Waals surface area contributed by atoms with Crippen molar-refractivity contribution in [3.8, 4) is 0 Å². The number of nitrogens with one attached hydrogen (secondary N) is 3. The molecular formula is C24H20ClN3O2S. The van der Waals surface area contributed by atoms with Crippen LogP contribution < -0.4 is 16.0 Å². The van der Waals surface area contributed by atoms with Gasteiger partial charge in [-0.25, -0.2) is 0 Å². The normalized spacial score (nSPS) is 10.5. The number of benzene rings is 3. The number of amides is 2. The van der Waals surface area contributed by atoms with E-state index in [4.69, 9.17) is 23.8 Å². The van der Waals surface area contributed by atoms with Crippen LogP contribution in [-0.4, -0.2) is 16.9 Å². The van der Waals surface area contributed by atoms with Crippen molar-refractivity contribution in [3.05, 3.63) is 101 Å². The lowest BCUT2D eigenvalue weighted by Gasteiger charge is -2.10. The molecule has 31 heavy (non-hydrogen) atoms. The second-order valence-electron chi connectivity index (χ2n) is 6.73. The second-order valence-corrected chi connectivity index (χ2v) is 7.58. The molecule has 0 atom stereocenters. The SMILES string of the molecule is Cc1ccc(/C=C/C(=O)NC(=S)Nc2cccc(C(=O)Nc3cccc(Cl)c3)c2)cc1. The first-order chi connectivity index (χ1) is 14.9. The zero-order valence-electron chi connectivity index (χ0n) is 16.7. The summed E-state index contributed by atoms with van der Waals surface area (Å²) in [6.45, 7) is 2.00. The summed E-state index contributed by atoms with van der Waals surface area (Å²) >= 11 is 11.1. The zero-order valence-corrected chi connectivity index (χ0v) is 18.3. The maximum absolute atomic E-state index is 12.5. The molecule has 3 rings (SSSR count). The molecule has 0 radical (unpaired) electrons. The van der Waals surface area contributed by atoms with Crippen molar-refractivity contribution in [3.63, 3.8) is 0 Å². The van der Waals surface area contributed by atoms with Gasteiger partial charge in [0.05, 0.1) is 0 Å². The predicted molar refractivity (Wildman–Crippen MR) is 130 cm³/mol. The van der Waals surface area contributed by atoms with Gasteiger partial charge in [-0.2, -0.15) is 0 Å². The third kappa shape index (κ3) is 7.06. The highest BCUT2D eigenvalue weighted by molar-refractivity contribution is 7.80. The van der Waals surface area contributed by atoms with E-state index in [1.54, 1.807) is 54.6 Å². The van der Waals surface area contributed by atoms with Crippen molar-refractivity contribution in [2.75, 3.05) is 10.6 Å². The van der Waals surface area contributed by atoms with Gasteiger partial charge in [-0.05, 0) is 67.2 Å². The van der Waals surface area contributed by atoms with Gasteiger partial charge in [0.2, 0.25) is 5.91 Å². The van der Waals surface area contributed by atoms with Crippen LogP contribution in [0, 0.1) is 6.92 Å². The van der Waals surface area contributed by atoms with Crippen LogP contribution in [0.5, 0.6) is 0 Å². The molecule has 0 aliphatic rings. The number of thiocarbonyl (C=S) groups is 1. The molecule has 0 aliphatic carbocycles. The first-order valence-corrected chi connectivity index (χ1v) is 10.2. The van der Waals surface area contributed by atoms with Crippen molar-refractivity contribution in [2.24, 2.45) is 0 Å². The smallest absolute Gasteiger partial charge is 0.255 e. The summed E-state index contributed by atoms with van der Waals surface area (Å²) in [6, 6.07) is 21.5. The van der Waals surface area contributed by atoms with E-state index in [2.05, 4.69) is 16.0 Å². The molecule has 0 unspecified atom stereocenters. The molecule has 156 valence electrons. The minimum atomic E-state index is -0.354. The van der Waals surface area contributed by atoms with Gasteiger partial charge in [0.1, 0.15) is 0 Å². The lowest BCUT2D eigenvalue weighted by molar-refractivity contribution is -0.115. The number of hydrogen-bond acceptors (Lipinski definition) is 3. The number of carbonyl (C=O) groups is 2. The van der Waals surface area contributed by atoms with Crippen LogP contribution in [0.1, 0.15) is 21.5 Å². The Bertz CT molecular complexity index is 1140. The fourth-order valence-electron chi connectivity index (χ4n) is 2.67. The molecule has 2 amide bonds. The van der Waals surface area contributed by atoms with Crippen molar-refractivity contribution >= 4 is 58.2 Å². The molecule has 5 nitrogen and oxygen atoms in total. The number of anilines is 2. The van der Waals surface area contributed by atoms with E-state index >= 15 is 0 Å². The average molecular weight is 450 g/mol. The highest BCUT2D eigenvalue weighted by atomic mass is 35.5. The summed E-state index contributed by atoms with van der Waals surface area (Å²) in [7, 11) is 0. The molecule has 0 aromatic heterocycles. The summed E-state index contributed by atoms with van der Waals surface area (Å²) in [5, 5.41) is 8.94. The average Bonchev–Trinajstić information content (AvgIpc) is 2.73. The highest BCUT2D eigenvalue weighted by Gasteiger charge is 2.08. The van der Waals surface area contributed by atoms with Crippen LogP contribution in [0.15, 0.2) is 78.9 Å². The maximum atomic E-state index is 12.5. The number of halogens is 1. The van der Waals surface area contributed by atoms with Crippen LogP contribution in [0.25, 0.3) is 6.08 Å². The van der Waals surface area contributed by atoms with E-state index in [1.165, 1.54) is 6.08 Å². The van der Waals surface area contributed by atoms with E-state index < -0.39 is 0 Å². The van der Waals surface area contributed by atoms with Gasteiger partial charge in [-0.15, -0.1) is 0 Å². The molecule has 3 aromatic rings. The molecule has 7 heteroatoms. The number of carbonyl (C=O) groups excluding carboxylic acids is 2. The minimum absolute atomic E-state index is 0.131. The number of rotatable bonds is 5. The van der Waals surface area contributed by atoms with Gasteiger partial charge in [-0.1, -0.05) is 53.6 Å². The number of aryl methyl sites for hydroxylation is 1. The Hall–Kier alpha value is -3.48. The van der Waals surface area contributed by atoms with Crippen LogP contribution in [0.2, 0.25) is 5.02 Å². The lowest BCUT2D eigenvalue weighted by atomic mass is 10.1. The fourth-order valence-corrected chi connectivity index (χ4v) is 3.08. The predicted octanol–water partition coefficient (Wildman–Crippen LogP) is 5.43. The van der Waals surface area contributed by atoms with Gasteiger partial charge in [-0.3, -0.25) is 14.9 Å². The van der Waals surface area contributed by atoms with Gasteiger partial charge in [0, 0.05) is 28.0 Å². The Morgan fingerprint density at radius 1 is 0.903 bits per heavy atom. The first-order valence-electron chi connectivity index (χ1n) is 9.43. The van der Waals surface area contributed by atoms with E-state index in [0.29, 0.717) is 22.0 Å². The molecule has 0 saturated carbocycles. The molecule has 3 aromatic carbocycles. The summed E-state index contributed by atoms with van der Waals surface area (Å²) in [6.07, 6.45) is 3.12. The maximum Gasteiger partial charge on any atom is 0.255 e. The first kappa shape index (κ1) is 22.2. The van der Waals surface area contributed by atoms with Crippen molar-refractivity contribution < 1.29 is 9.59 Å². The topological polar surface area (TPSA) is 70.2 Å². The highest BCUT2D eigenvalue weighted by Crippen LogP contribution is 2.17. The van der Waals surface area contributed by atoms with Gasteiger partial charge in [0.25, 0.3) is 5.91 Å². The summed E-state index contributed by atoms with van der Waals surface area (Å²) in [5.74, 6) is -0.644. The van der Waals surface area contributed by atoms with Crippen LogP contribution in [-0.2, 0) is 4.79 Å². The fraction of sp³-hybridized carbons (Fsp3) is 0.0417. The standard InChI is InChI=1S/C24H20ClN3O2S/c1-16-8-10-17(11-9-16)12-13-22(29)28-24(31)27-20-6-2-4-18(14-20)23(30)26-21-7-3-5-19(25)15-21/h2-15H,1H3,(H,26,30)(H2,27,28,29,31)/b13-12+. The Balaban J connectivity index is 1.57. The van der Waals surface area contributed by atoms with Crippen molar-refractivity contribution in [1.82, 2.24) is 5.32 Å². The summed E-state index contributed by atoms with van der Waals surface area (Å²) in [4.78, 5) is 24.6. The zero-order chi connectivity index (χ0) is 22.2. The monoisotopic (exact) mass is 449 g/mol. The molecule has 3 N–H and O–H groups in total. The Labute approximate surface area is 191 Å². The van der Waals surface area contributed by atoms with Gasteiger partial charge >= 0.3 is 0 Å². The third-order valence-corrected chi connectivity index (χ3v) is 4.65. The lowest BCUT2D eigenvalue weighted by Crippen LogP contribution is -2.32. The van der Waals surface area contributed by atoms with Crippen LogP contribution in [0.3, 0.4) is 0 Å². The minimum Gasteiger partial charge on any atom is -0.332 e. The Morgan fingerprint density at radius 3 is 2.29 bits per heavy atom. The van der Waals surface area contributed by atoms with Crippen molar-refractivity contribution in [1.29, 1.82) is 0 Å². The quantitative estimate of drug-likeness (QED) is 0.359. The largest absolute Gasteiger partial charge is 0.332 e. The van der Waals surface area contributed by atoms with Gasteiger partial charge in [0.15, 0.2) is 5.11 Å². The van der Waals surface area contributed by atoms with E-state index in [1.807, 2.05) is 31.2 Å². The summed E-state index contributed by atoms with van der Waals surface area (Å²) < 4.78 is 0. The Kier molecular flexibility index (Phi) is 7.54. The van der Waals surface area contributed by atoms with Crippen LogP contribution in [0.4, 0.5) is 11.4 Å². The molecule has 0 aliphatic heterocycles. The molecule has 0 bridgehead atoms. The van der Waals surface area contributed by atoms with Crippen LogP contribution >= 0.6 is 23.8 Å². The molecule has 0 fully saturated rings. The van der Waals surface area contributed by atoms with Gasteiger partial charge < -0.3 is 10.6 Å². The molecular weight excluding hydrogens is 430 g/mol. The molecule has 0 saturated heterocycles. The molecule has 0 spiro atoms. The van der Waals surface area contributed by atoms with E-state index in [9.17, 15) is 9.59 Å². The molecule has 0 heterocycles. The van der Waals surface area contributed by atoms with E-state index in [-0.39, 0.29) is 16.9 Å². The Morgan fingerprint density at radius 2 is 1.58 bits per heavy atom. The van der Waals surface area contributed by atoms with E-state index in [0.717, 1.165) is 11.1 Å². The second kappa shape index (κ2) is 10.5.